The minimum absolute atomic E-state index is 0.198. The number of hydrogen-bond donors (Lipinski definition) is 2. The van der Waals surface area contributed by atoms with Crippen molar-refractivity contribution in [2.75, 3.05) is 6.54 Å². The molecule has 3 nitrogen and oxygen atoms in total. The molecule has 19 heavy (non-hydrogen) atoms. The zero-order chi connectivity index (χ0) is 14.3. The second kappa shape index (κ2) is 7.95. The van der Waals surface area contributed by atoms with Gasteiger partial charge in [-0.25, -0.2) is 0 Å². The second-order valence-corrected chi connectivity index (χ2v) is 5.63. The minimum atomic E-state index is -0.709. The van der Waals surface area contributed by atoms with Crippen LogP contribution in [0.3, 0.4) is 0 Å². The number of carboxylic acid groups (broad SMARTS) is 1. The van der Waals surface area contributed by atoms with Gasteiger partial charge in [0.15, 0.2) is 0 Å². The van der Waals surface area contributed by atoms with Gasteiger partial charge in [0.05, 0.1) is 0 Å². The molecule has 0 unspecified atom stereocenters. The standard InChI is InChI=1S/C16H25NO2/c1-12(2)9-14(10-16(18)19)11-17-13(3)15-7-5-4-6-8-15/h4-8,12-14,17H,9-11H2,1-3H3,(H,18,19)/t13-,14-/m0/s1. The normalized spacial score (nSPS) is 14.3. The van der Waals surface area contributed by atoms with E-state index >= 15 is 0 Å². The van der Waals surface area contributed by atoms with Crippen molar-refractivity contribution >= 4 is 5.97 Å². The van der Waals surface area contributed by atoms with Crippen LogP contribution in [0.2, 0.25) is 0 Å². The molecular formula is C16H25NO2. The van der Waals surface area contributed by atoms with Crippen LogP contribution in [0.4, 0.5) is 0 Å². The first kappa shape index (κ1) is 15.7. The van der Waals surface area contributed by atoms with E-state index in [0.717, 1.165) is 13.0 Å². The quantitative estimate of drug-likeness (QED) is 0.755. The van der Waals surface area contributed by atoms with Crippen LogP contribution in [0, 0.1) is 11.8 Å². The molecule has 0 saturated heterocycles. The van der Waals surface area contributed by atoms with Crippen LogP contribution in [-0.2, 0) is 4.79 Å². The highest BCUT2D eigenvalue weighted by Gasteiger charge is 2.16. The SMILES string of the molecule is CC(C)C[C@H](CN[C@@H](C)c1ccccc1)CC(=O)O. The van der Waals surface area contributed by atoms with Gasteiger partial charge in [-0.05, 0) is 37.3 Å². The van der Waals surface area contributed by atoms with Gasteiger partial charge in [-0.2, -0.15) is 0 Å². The summed E-state index contributed by atoms with van der Waals surface area (Å²) in [5, 5.41) is 12.4. The van der Waals surface area contributed by atoms with Crippen molar-refractivity contribution < 1.29 is 9.90 Å². The van der Waals surface area contributed by atoms with Crippen molar-refractivity contribution in [1.29, 1.82) is 0 Å². The molecule has 0 saturated carbocycles. The van der Waals surface area contributed by atoms with Gasteiger partial charge in [0, 0.05) is 12.5 Å². The molecule has 1 aromatic rings. The number of carbonyl (C=O) groups is 1. The van der Waals surface area contributed by atoms with E-state index in [9.17, 15) is 4.79 Å². The fourth-order valence-electron chi connectivity index (χ4n) is 2.36. The highest BCUT2D eigenvalue weighted by molar-refractivity contribution is 5.67. The van der Waals surface area contributed by atoms with Gasteiger partial charge >= 0.3 is 5.97 Å². The number of benzene rings is 1. The third-order valence-electron chi connectivity index (χ3n) is 3.28. The third kappa shape index (κ3) is 6.39. The van der Waals surface area contributed by atoms with Gasteiger partial charge in [0.1, 0.15) is 0 Å². The Morgan fingerprint density at radius 3 is 2.37 bits per heavy atom. The number of rotatable bonds is 8. The largest absolute Gasteiger partial charge is 0.481 e. The lowest BCUT2D eigenvalue weighted by atomic mass is 9.93. The Labute approximate surface area is 116 Å². The van der Waals surface area contributed by atoms with E-state index in [1.54, 1.807) is 0 Å². The van der Waals surface area contributed by atoms with Crippen LogP contribution in [0.25, 0.3) is 0 Å². The molecule has 0 aromatic heterocycles. The Hall–Kier alpha value is -1.35. The lowest BCUT2D eigenvalue weighted by molar-refractivity contribution is -0.138. The average molecular weight is 263 g/mol. The lowest BCUT2D eigenvalue weighted by Gasteiger charge is -2.21. The molecule has 1 aromatic carbocycles. The summed E-state index contributed by atoms with van der Waals surface area (Å²) in [6, 6.07) is 10.5. The monoisotopic (exact) mass is 263 g/mol. The summed E-state index contributed by atoms with van der Waals surface area (Å²) in [5.74, 6) is 0.0154. The summed E-state index contributed by atoms with van der Waals surface area (Å²) >= 11 is 0. The molecule has 0 radical (unpaired) electrons. The van der Waals surface area contributed by atoms with E-state index in [4.69, 9.17) is 5.11 Å². The van der Waals surface area contributed by atoms with Crippen molar-refractivity contribution in [2.24, 2.45) is 11.8 Å². The zero-order valence-corrected chi connectivity index (χ0v) is 12.1. The maximum atomic E-state index is 10.9. The molecule has 106 valence electrons. The summed E-state index contributed by atoms with van der Waals surface area (Å²) < 4.78 is 0. The third-order valence-corrected chi connectivity index (χ3v) is 3.28. The van der Waals surface area contributed by atoms with Crippen molar-refractivity contribution in [3.63, 3.8) is 0 Å². The summed E-state index contributed by atoms with van der Waals surface area (Å²) in [6.45, 7) is 7.13. The van der Waals surface area contributed by atoms with E-state index in [-0.39, 0.29) is 18.4 Å². The zero-order valence-electron chi connectivity index (χ0n) is 12.1. The van der Waals surface area contributed by atoms with Crippen LogP contribution in [-0.4, -0.2) is 17.6 Å². The summed E-state index contributed by atoms with van der Waals surface area (Å²) in [4.78, 5) is 10.9. The highest BCUT2D eigenvalue weighted by Crippen LogP contribution is 2.17. The smallest absolute Gasteiger partial charge is 0.303 e. The van der Waals surface area contributed by atoms with E-state index < -0.39 is 5.97 Å². The summed E-state index contributed by atoms with van der Waals surface area (Å²) in [5.41, 5.74) is 1.24. The van der Waals surface area contributed by atoms with Crippen molar-refractivity contribution in [3.05, 3.63) is 35.9 Å². The molecule has 2 N–H and O–H groups in total. The molecule has 0 heterocycles. The lowest BCUT2D eigenvalue weighted by Crippen LogP contribution is -2.28. The number of carboxylic acids is 1. The summed E-state index contributed by atoms with van der Waals surface area (Å²) in [6.07, 6.45) is 1.19. The van der Waals surface area contributed by atoms with Gasteiger partial charge < -0.3 is 10.4 Å². The van der Waals surface area contributed by atoms with Crippen LogP contribution < -0.4 is 5.32 Å². The Morgan fingerprint density at radius 1 is 1.21 bits per heavy atom. The van der Waals surface area contributed by atoms with Crippen LogP contribution >= 0.6 is 0 Å². The van der Waals surface area contributed by atoms with Crippen LogP contribution in [0.15, 0.2) is 30.3 Å². The molecule has 0 amide bonds. The predicted octanol–water partition coefficient (Wildman–Crippen LogP) is 3.47. The first-order valence-corrected chi connectivity index (χ1v) is 6.99. The second-order valence-electron chi connectivity index (χ2n) is 5.63. The van der Waals surface area contributed by atoms with Crippen molar-refractivity contribution in [3.8, 4) is 0 Å². The number of aliphatic carboxylic acids is 1. The van der Waals surface area contributed by atoms with Gasteiger partial charge in [-0.15, -0.1) is 0 Å². The molecule has 0 aliphatic heterocycles. The van der Waals surface area contributed by atoms with Gasteiger partial charge in [0.25, 0.3) is 0 Å². The molecule has 2 atom stereocenters. The molecule has 0 aliphatic rings. The van der Waals surface area contributed by atoms with Crippen molar-refractivity contribution in [2.45, 2.75) is 39.7 Å². The fourth-order valence-corrected chi connectivity index (χ4v) is 2.36. The number of nitrogens with one attached hydrogen (secondary N) is 1. The first-order valence-electron chi connectivity index (χ1n) is 6.99. The van der Waals surface area contributed by atoms with Crippen LogP contribution in [0.1, 0.15) is 45.2 Å². The van der Waals surface area contributed by atoms with Crippen LogP contribution in [0.5, 0.6) is 0 Å². The fraction of sp³-hybridized carbons (Fsp3) is 0.562. The predicted molar refractivity (Wildman–Crippen MR) is 78.1 cm³/mol. The highest BCUT2D eigenvalue weighted by atomic mass is 16.4. The topological polar surface area (TPSA) is 49.3 Å². The maximum absolute atomic E-state index is 10.9. The van der Waals surface area contributed by atoms with Gasteiger partial charge in [-0.1, -0.05) is 44.2 Å². The Balaban J connectivity index is 2.48. The molecule has 0 spiro atoms. The van der Waals surface area contributed by atoms with E-state index in [2.05, 4.69) is 38.2 Å². The Bertz CT molecular complexity index is 376. The van der Waals surface area contributed by atoms with E-state index in [1.165, 1.54) is 5.56 Å². The van der Waals surface area contributed by atoms with Gasteiger partial charge in [-0.3, -0.25) is 4.79 Å². The number of hydrogen-bond acceptors (Lipinski definition) is 2. The van der Waals surface area contributed by atoms with Gasteiger partial charge in [0.2, 0.25) is 0 Å². The molecule has 3 heteroatoms. The molecular weight excluding hydrogens is 238 g/mol. The average Bonchev–Trinajstić information content (AvgIpc) is 2.35. The molecule has 0 aliphatic carbocycles. The molecule has 0 bridgehead atoms. The Kier molecular flexibility index (Phi) is 6.57. The van der Waals surface area contributed by atoms with Crippen molar-refractivity contribution in [1.82, 2.24) is 5.32 Å². The first-order chi connectivity index (χ1) is 8.99. The summed E-state index contributed by atoms with van der Waals surface area (Å²) in [7, 11) is 0. The molecule has 1 rings (SSSR count). The van der Waals surface area contributed by atoms with E-state index in [1.807, 2.05) is 18.2 Å². The van der Waals surface area contributed by atoms with E-state index in [0.29, 0.717) is 5.92 Å². The Morgan fingerprint density at radius 2 is 1.84 bits per heavy atom. The minimum Gasteiger partial charge on any atom is -0.481 e. The molecule has 0 fully saturated rings. The maximum Gasteiger partial charge on any atom is 0.303 e.